The maximum atomic E-state index is 12.9. The lowest BCUT2D eigenvalue weighted by Crippen LogP contribution is -2.52. The second-order valence-corrected chi connectivity index (χ2v) is 10.7. The monoisotopic (exact) mass is 687 g/mol. The molecule has 0 saturated carbocycles. The van der Waals surface area contributed by atoms with Crippen LogP contribution in [-0.4, -0.2) is 118 Å². The molecule has 1 atom stereocenters. The van der Waals surface area contributed by atoms with E-state index in [0.29, 0.717) is 19.3 Å². The third-order valence-corrected chi connectivity index (χ3v) is 6.93. The van der Waals surface area contributed by atoms with E-state index in [2.05, 4.69) is 31.9 Å². The maximum absolute atomic E-state index is 12.9. The average Bonchev–Trinajstić information content (AvgIpc) is 3.42. The Balaban J connectivity index is 1.65. The summed E-state index contributed by atoms with van der Waals surface area (Å²) >= 11 is 0. The van der Waals surface area contributed by atoms with Gasteiger partial charge >= 0.3 is 0 Å². The van der Waals surface area contributed by atoms with Gasteiger partial charge in [-0.3, -0.25) is 43.3 Å². The van der Waals surface area contributed by atoms with Crippen molar-refractivity contribution in [1.82, 2.24) is 36.8 Å². The first-order chi connectivity index (χ1) is 23.6. The van der Waals surface area contributed by atoms with Crippen molar-refractivity contribution >= 4 is 47.3 Å². The van der Waals surface area contributed by atoms with E-state index >= 15 is 0 Å². The van der Waals surface area contributed by atoms with Gasteiger partial charge in [0.1, 0.15) is 12.8 Å². The summed E-state index contributed by atoms with van der Waals surface area (Å²) in [5, 5.41) is 14.9. The molecule has 1 aromatic rings. The second kappa shape index (κ2) is 23.2. The van der Waals surface area contributed by atoms with E-state index in [0.717, 1.165) is 10.5 Å². The summed E-state index contributed by atoms with van der Waals surface area (Å²) in [6.07, 6.45) is 4.57. The van der Waals surface area contributed by atoms with Crippen LogP contribution in [0.3, 0.4) is 0 Å². The first-order valence-electron chi connectivity index (χ1n) is 15.9. The fraction of sp³-hybridized carbons (Fsp3) is 0.500. The van der Waals surface area contributed by atoms with Gasteiger partial charge in [-0.2, -0.15) is 0 Å². The van der Waals surface area contributed by atoms with E-state index in [-0.39, 0.29) is 89.1 Å². The second-order valence-electron chi connectivity index (χ2n) is 10.7. The summed E-state index contributed by atoms with van der Waals surface area (Å²) in [5.74, 6) is -3.62. The average molecular weight is 688 g/mol. The molecule has 17 nitrogen and oxygen atoms in total. The van der Waals surface area contributed by atoms with E-state index in [1.807, 2.05) is 0 Å². The summed E-state index contributed by atoms with van der Waals surface area (Å²) in [6.45, 7) is -0.384. The fourth-order valence-electron chi connectivity index (χ4n) is 4.26. The van der Waals surface area contributed by atoms with Gasteiger partial charge in [-0.1, -0.05) is 36.8 Å². The smallest absolute Gasteiger partial charge is 0.253 e. The number of carbonyl (C=O) groups excluding carboxylic acids is 8. The van der Waals surface area contributed by atoms with Gasteiger partial charge in [-0.15, -0.1) is 0 Å². The van der Waals surface area contributed by atoms with Crippen LogP contribution in [0.25, 0.3) is 0 Å². The molecule has 1 aliphatic rings. The summed E-state index contributed by atoms with van der Waals surface area (Å²) in [6, 6.07) is 7.84. The Morgan fingerprint density at radius 1 is 0.673 bits per heavy atom. The van der Waals surface area contributed by atoms with Gasteiger partial charge in [0.2, 0.25) is 35.4 Å². The van der Waals surface area contributed by atoms with Crippen molar-refractivity contribution in [1.29, 1.82) is 0 Å². The SMILES string of the molecule is CNC(=O)CCOCCOCNC(=O)CNC(=O)[C@H](Cc1ccccc1)NC(=O)CNC(=O)CNC(=O)CCCCCN1C(=O)C=CC1=O. The predicted molar refractivity (Wildman–Crippen MR) is 174 cm³/mol. The highest BCUT2D eigenvalue weighted by Gasteiger charge is 2.23. The van der Waals surface area contributed by atoms with Crippen LogP contribution in [0, 0.1) is 0 Å². The molecule has 0 bridgehead atoms. The molecule has 268 valence electrons. The van der Waals surface area contributed by atoms with Gasteiger partial charge in [-0.05, 0) is 18.4 Å². The van der Waals surface area contributed by atoms with Gasteiger partial charge in [0.15, 0.2) is 0 Å². The molecule has 1 aromatic carbocycles. The van der Waals surface area contributed by atoms with E-state index in [1.54, 1.807) is 30.3 Å². The fourth-order valence-corrected chi connectivity index (χ4v) is 4.26. The van der Waals surface area contributed by atoms with Crippen molar-refractivity contribution in [2.45, 2.75) is 44.6 Å². The minimum Gasteiger partial charge on any atom is -0.379 e. The quantitative estimate of drug-likeness (QED) is 0.0390. The topological polar surface area (TPSA) is 230 Å². The summed E-state index contributed by atoms with van der Waals surface area (Å²) in [7, 11) is 1.53. The van der Waals surface area contributed by atoms with Crippen molar-refractivity contribution in [2.75, 3.05) is 59.8 Å². The molecule has 1 aliphatic heterocycles. The van der Waals surface area contributed by atoms with Crippen molar-refractivity contribution in [3.05, 3.63) is 48.0 Å². The highest BCUT2D eigenvalue weighted by atomic mass is 16.5. The van der Waals surface area contributed by atoms with Gasteiger partial charge in [0.25, 0.3) is 11.8 Å². The number of rotatable bonds is 24. The third-order valence-electron chi connectivity index (χ3n) is 6.93. The van der Waals surface area contributed by atoms with E-state index in [4.69, 9.17) is 9.47 Å². The highest BCUT2D eigenvalue weighted by Crippen LogP contribution is 2.08. The van der Waals surface area contributed by atoms with Crippen molar-refractivity contribution < 1.29 is 47.8 Å². The summed E-state index contributed by atoms with van der Waals surface area (Å²) < 4.78 is 10.5. The number of ether oxygens (including phenoxy) is 2. The molecular formula is C32H45N7O10. The molecule has 0 fully saturated rings. The van der Waals surface area contributed by atoms with Crippen LogP contribution < -0.4 is 31.9 Å². The van der Waals surface area contributed by atoms with E-state index in [1.165, 1.54) is 19.2 Å². The number of hydrogen-bond donors (Lipinski definition) is 6. The number of unbranched alkanes of at least 4 members (excludes halogenated alkanes) is 2. The molecule has 1 heterocycles. The number of hydrogen-bond acceptors (Lipinski definition) is 10. The molecule has 8 amide bonds. The minimum atomic E-state index is -1.06. The number of imide groups is 1. The maximum Gasteiger partial charge on any atom is 0.253 e. The van der Waals surface area contributed by atoms with Crippen molar-refractivity contribution in [3.63, 3.8) is 0 Å². The zero-order chi connectivity index (χ0) is 35.9. The van der Waals surface area contributed by atoms with Crippen LogP contribution >= 0.6 is 0 Å². The number of amides is 8. The number of carbonyl (C=O) groups is 8. The lowest BCUT2D eigenvalue weighted by atomic mass is 10.1. The lowest BCUT2D eigenvalue weighted by Gasteiger charge is -2.19. The minimum absolute atomic E-state index is 0.120. The van der Waals surface area contributed by atoms with E-state index in [9.17, 15) is 38.4 Å². The van der Waals surface area contributed by atoms with Crippen LogP contribution in [0.2, 0.25) is 0 Å². The Hall–Kier alpha value is -5.16. The Labute approximate surface area is 284 Å². The van der Waals surface area contributed by atoms with Crippen LogP contribution in [0.15, 0.2) is 42.5 Å². The third kappa shape index (κ3) is 17.5. The Morgan fingerprint density at radius 2 is 1.31 bits per heavy atom. The standard InChI is InChI=1S/C32H45N7O10/c1-33-25(40)13-15-48-16-17-49-22-37-28(43)20-36-32(47)24(18-23-8-4-2-5-9-23)38-29(44)21-35-27(42)19-34-26(41)10-6-3-7-14-39-30(45)11-12-31(39)46/h2,4-5,8-9,11-12,24H,3,6-7,10,13-22H2,1H3,(H,33,40)(H,34,41)(H,35,42)(H,36,47)(H,37,43)(H,38,44)/t24-/m0/s1. The van der Waals surface area contributed by atoms with Gasteiger partial charge < -0.3 is 41.4 Å². The Bertz CT molecular complexity index is 1300. The van der Waals surface area contributed by atoms with E-state index < -0.39 is 36.2 Å². The summed E-state index contributed by atoms with van der Waals surface area (Å²) in [4.78, 5) is 97.3. The molecular weight excluding hydrogens is 642 g/mol. The summed E-state index contributed by atoms with van der Waals surface area (Å²) in [5.41, 5.74) is 0.750. The van der Waals surface area contributed by atoms with Crippen LogP contribution in [-0.2, 0) is 54.3 Å². The molecule has 0 aliphatic carbocycles. The molecule has 0 unspecified atom stereocenters. The molecule has 0 radical (unpaired) electrons. The Kier molecular flexibility index (Phi) is 19.0. The molecule has 0 saturated heterocycles. The zero-order valence-corrected chi connectivity index (χ0v) is 27.5. The van der Waals surface area contributed by atoms with Crippen LogP contribution in [0.1, 0.15) is 37.7 Å². The molecule has 0 aromatic heterocycles. The molecule has 2 rings (SSSR count). The van der Waals surface area contributed by atoms with Crippen LogP contribution in [0.4, 0.5) is 0 Å². The van der Waals surface area contributed by atoms with Crippen LogP contribution in [0.5, 0.6) is 0 Å². The molecule has 17 heteroatoms. The predicted octanol–water partition coefficient (Wildman–Crippen LogP) is -2.21. The number of nitrogens with zero attached hydrogens (tertiary/aromatic N) is 1. The van der Waals surface area contributed by atoms with Crippen molar-refractivity contribution in [3.8, 4) is 0 Å². The van der Waals surface area contributed by atoms with Gasteiger partial charge in [0, 0.05) is 45.0 Å². The highest BCUT2D eigenvalue weighted by molar-refractivity contribution is 6.12. The first-order valence-corrected chi connectivity index (χ1v) is 15.9. The zero-order valence-electron chi connectivity index (χ0n) is 27.5. The molecule has 0 spiro atoms. The Morgan fingerprint density at radius 3 is 2.02 bits per heavy atom. The van der Waals surface area contributed by atoms with Crippen molar-refractivity contribution in [2.24, 2.45) is 0 Å². The molecule has 6 N–H and O–H groups in total. The number of benzene rings is 1. The van der Waals surface area contributed by atoms with Gasteiger partial charge in [0.05, 0.1) is 39.5 Å². The van der Waals surface area contributed by atoms with Gasteiger partial charge in [-0.25, -0.2) is 0 Å². The number of nitrogens with one attached hydrogen (secondary N) is 6. The first kappa shape index (κ1) is 40.0. The normalized spacial score (nSPS) is 12.6. The molecule has 49 heavy (non-hydrogen) atoms. The largest absolute Gasteiger partial charge is 0.379 e. The lowest BCUT2D eigenvalue weighted by molar-refractivity contribution is -0.137.